The molecule has 6 atom stereocenters. The van der Waals surface area contributed by atoms with Gasteiger partial charge in [0.2, 0.25) is 0 Å². The summed E-state index contributed by atoms with van der Waals surface area (Å²) in [5.74, 6) is 1.70. The first kappa shape index (κ1) is 20.9. The second kappa shape index (κ2) is 7.38. The molecule has 4 aliphatic rings. The van der Waals surface area contributed by atoms with Crippen molar-refractivity contribution in [2.45, 2.75) is 70.8 Å². The number of hydrogen-bond acceptors (Lipinski definition) is 6. The number of allylic oxidation sites excluding steroid dienone is 2. The van der Waals surface area contributed by atoms with Gasteiger partial charge in [0.1, 0.15) is 25.5 Å². The number of hydrogen-bond donors (Lipinski definition) is 2. The van der Waals surface area contributed by atoms with Gasteiger partial charge < -0.3 is 19.9 Å². The van der Waals surface area contributed by atoms with Gasteiger partial charge in [-0.3, -0.25) is 0 Å². The summed E-state index contributed by atoms with van der Waals surface area (Å²) in [5.41, 5.74) is 1.88. The van der Waals surface area contributed by atoms with Gasteiger partial charge in [-0.1, -0.05) is 29.7 Å². The van der Waals surface area contributed by atoms with Crippen molar-refractivity contribution in [1.82, 2.24) is 0 Å². The lowest BCUT2D eigenvalue weighted by Gasteiger charge is -2.59. The first-order chi connectivity index (χ1) is 13.8. The molecule has 3 saturated carbocycles. The highest BCUT2D eigenvalue weighted by Gasteiger charge is 2.65. The lowest BCUT2D eigenvalue weighted by molar-refractivity contribution is -0.0966. The molecule has 0 amide bonds. The van der Waals surface area contributed by atoms with E-state index in [4.69, 9.17) is 9.68 Å². The first-order valence-electron chi connectivity index (χ1n) is 11.1. The predicted molar refractivity (Wildman–Crippen MR) is 113 cm³/mol. The minimum absolute atomic E-state index is 0.220. The van der Waals surface area contributed by atoms with Gasteiger partial charge in [0, 0.05) is 5.41 Å². The van der Waals surface area contributed by atoms with Crippen LogP contribution in [0.25, 0.3) is 0 Å². The van der Waals surface area contributed by atoms with Gasteiger partial charge in [-0.05, 0) is 80.6 Å². The lowest BCUT2D eigenvalue weighted by Crippen LogP contribution is -2.58. The highest BCUT2D eigenvalue weighted by Crippen LogP contribution is 2.67. The molecule has 4 rings (SSSR count). The molecule has 4 aliphatic carbocycles. The van der Waals surface area contributed by atoms with E-state index in [1.165, 1.54) is 19.1 Å². The van der Waals surface area contributed by atoms with Crippen molar-refractivity contribution >= 4 is 11.4 Å². The zero-order chi connectivity index (χ0) is 20.9. The van der Waals surface area contributed by atoms with Crippen LogP contribution in [0.1, 0.15) is 65.2 Å². The molecule has 3 fully saturated rings. The molecule has 0 saturated heterocycles. The summed E-state index contributed by atoms with van der Waals surface area (Å²) in [6.45, 7) is 4.42. The summed E-state index contributed by atoms with van der Waals surface area (Å²) in [5, 5.41) is 29.8. The Kier molecular flexibility index (Phi) is 5.31. The Morgan fingerprint density at radius 3 is 2.52 bits per heavy atom. The van der Waals surface area contributed by atoms with Crippen LogP contribution in [0.15, 0.2) is 22.0 Å². The molecule has 0 aromatic carbocycles. The highest BCUT2D eigenvalue weighted by atomic mass is 16.6. The topological polar surface area (TPSA) is 83.6 Å². The molecular weight excluding hydrogens is 368 g/mol. The van der Waals surface area contributed by atoms with Gasteiger partial charge in [-0.25, -0.2) is 0 Å². The fourth-order valence-corrected chi connectivity index (χ4v) is 7.60. The molecule has 0 radical (unpaired) electrons. The molecule has 6 nitrogen and oxygen atoms in total. The van der Waals surface area contributed by atoms with Crippen molar-refractivity contribution in [3.63, 3.8) is 0 Å². The van der Waals surface area contributed by atoms with Crippen molar-refractivity contribution in [1.29, 1.82) is 0 Å². The summed E-state index contributed by atoms with van der Waals surface area (Å²) in [6.07, 6.45) is 10.4. The van der Waals surface area contributed by atoms with E-state index in [0.717, 1.165) is 44.2 Å². The number of aliphatic hydroxyl groups is 2. The molecule has 6 heteroatoms. The minimum Gasteiger partial charge on any atom is -0.399 e. The molecule has 29 heavy (non-hydrogen) atoms. The van der Waals surface area contributed by atoms with E-state index in [1.54, 1.807) is 7.11 Å². The largest absolute Gasteiger partial charge is 0.399 e. The third-order valence-electron chi connectivity index (χ3n) is 9.17. The van der Waals surface area contributed by atoms with E-state index in [9.17, 15) is 10.2 Å². The number of aliphatic hydroxyl groups excluding tert-OH is 1. The average Bonchev–Trinajstić information content (AvgIpc) is 2.98. The number of fused-ring (bicyclic) bond motifs is 5. The number of nitrogens with zero attached hydrogens (tertiary/aromatic N) is 2. The first-order valence-corrected chi connectivity index (χ1v) is 11.1. The molecule has 0 spiro atoms. The SMILES string of the molecule is CO/N=C1/C=C2CC[C@@H]3[C@H](CC[C@@]4(C)[C@H]3CC[C@]4(O)/C(CO)=N/OC)[C@@]2(C)CC1. The van der Waals surface area contributed by atoms with Gasteiger partial charge in [0.05, 0.1) is 12.3 Å². The van der Waals surface area contributed by atoms with Crippen LogP contribution in [0.2, 0.25) is 0 Å². The predicted octanol–water partition coefficient (Wildman–Crippen LogP) is 3.68. The van der Waals surface area contributed by atoms with Crippen molar-refractivity contribution in [2.24, 2.45) is 38.9 Å². The van der Waals surface area contributed by atoms with Gasteiger partial charge >= 0.3 is 0 Å². The zero-order valence-corrected chi connectivity index (χ0v) is 18.3. The Bertz CT molecular complexity index is 747. The van der Waals surface area contributed by atoms with Crippen LogP contribution in [0, 0.1) is 28.6 Å². The molecule has 2 N–H and O–H groups in total. The van der Waals surface area contributed by atoms with Crippen molar-refractivity contribution in [3.05, 3.63) is 11.6 Å². The standard InChI is InChI=1S/C23H36N2O4/c1-21-10-7-16(24-28-3)13-15(21)5-6-17-18(21)8-11-22(2)19(17)9-12-23(22,27)20(14-26)25-29-4/h13,17-19,26-27H,5-12,14H2,1-4H3/b24-16+,25-20+/t17-,18+,19+,21+,22+,23+/m1/s1. The van der Waals surface area contributed by atoms with E-state index < -0.39 is 5.60 Å². The number of oxime groups is 2. The summed E-state index contributed by atoms with van der Waals surface area (Å²) < 4.78 is 0. The third-order valence-corrected chi connectivity index (χ3v) is 9.17. The number of rotatable bonds is 4. The van der Waals surface area contributed by atoms with Crippen LogP contribution in [0.5, 0.6) is 0 Å². The van der Waals surface area contributed by atoms with E-state index in [2.05, 4.69) is 30.2 Å². The van der Waals surface area contributed by atoms with Crippen LogP contribution in [-0.4, -0.2) is 48.1 Å². The Morgan fingerprint density at radius 1 is 1.07 bits per heavy atom. The molecule has 0 aromatic heterocycles. The van der Waals surface area contributed by atoms with E-state index in [1.807, 2.05) is 0 Å². The second-order valence-electron chi connectivity index (χ2n) is 10.0. The molecule has 0 aliphatic heterocycles. The lowest BCUT2D eigenvalue weighted by atomic mass is 9.46. The van der Waals surface area contributed by atoms with Crippen LogP contribution < -0.4 is 0 Å². The molecule has 0 bridgehead atoms. The van der Waals surface area contributed by atoms with Crippen molar-refractivity contribution in [2.75, 3.05) is 20.8 Å². The molecule has 0 aromatic rings. The second-order valence-corrected chi connectivity index (χ2v) is 10.0. The molecule has 0 heterocycles. The van der Waals surface area contributed by atoms with Gasteiger partial charge in [0.25, 0.3) is 0 Å². The maximum atomic E-state index is 11.7. The normalized spacial score (nSPS) is 45.9. The fraction of sp³-hybridized carbons (Fsp3) is 0.826. The van der Waals surface area contributed by atoms with Crippen LogP contribution in [0.4, 0.5) is 0 Å². The molecule has 162 valence electrons. The van der Waals surface area contributed by atoms with Crippen molar-refractivity contribution < 1.29 is 19.9 Å². The van der Waals surface area contributed by atoms with Crippen molar-refractivity contribution in [3.8, 4) is 0 Å². The summed E-state index contributed by atoms with van der Waals surface area (Å²) >= 11 is 0. The van der Waals surface area contributed by atoms with Gasteiger partial charge in [-0.15, -0.1) is 0 Å². The Morgan fingerprint density at radius 2 is 1.83 bits per heavy atom. The van der Waals surface area contributed by atoms with E-state index in [0.29, 0.717) is 29.9 Å². The quantitative estimate of drug-likeness (QED) is 0.553. The summed E-state index contributed by atoms with van der Waals surface area (Å²) in [7, 11) is 3.09. The molecule has 0 unspecified atom stereocenters. The monoisotopic (exact) mass is 404 g/mol. The van der Waals surface area contributed by atoms with Gasteiger partial charge in [0.15, 0.2) is 0 Å². The Labute approximate surface area is 174 Å². The van der Waals surface area contributed by atoms with E-state index >= 15 is 0 Å². The summed E-state index contributed by atoms with van der Waals surface area (Å²) in [4.78, 5) is 9.98. The maximum absolute atomic E-state index is 11.7. The van der Waals surface area contributed by atoms with E-state index in [-0.39, 0.29) is 17.4 Å². The maximum Gasteiger partial charge on any atom is 0.115 e. The third kappa shape index (κ3) is 2.89. The summed E-state index contributed by atoms with van der Waals surface area (Å²) in [6, 6.07) is 0. The molecular formula is C23H36N2O4. The van der Waals surface area contributed by atoms with Crippen LogP contribution in [0.3, 0.4) is 0 Å². The van der Waals surface area contributed by atoms with Crippen LogP contribution >= 0.6 is 0 Å². The Balaban J connectivity index is 1.65. The smallest absolute Gasteiger partial charge is 0.115 e. The fourth-order valence-electron chi connectivity index (χ4n) is 7.60. The van der Waals surface area contributed by atoms with Crippen LogP contribution in [-0.2, 0) is 9.68 Å². The van der Waals surface area contributed by atoms with Gasteiger partial charge in [-0.2, -0.15) is 0 Å². The zero-order valence-electron chi connectivity index (χ0n) is 18.3. The average molecular weight is 405 g/mol. The Hall–Kier alpha value is -1.40. The minimum atomic E-state index is -1.07. The highest BCUT2D eigenvalue weighted by molar-refractivity contribution is 5.96.